The van der Waals surface area contributed by atoms with Gasteiger partial charge in [-0.25, -0.2) is 9.07 Å². The normalized spacial score (nSPS) is 13.2. The third kappa shape index (κ3) is 4.40. The van der Waals surface area contributed by atoms with E-state index in [9.17, 15) is 14.0 Å². The lowest BCUT2D eigenvalue weighted by atomic mass is 10.1. The minimum Gasteiger partial charge on any atom is -0.352 e. The molecule has 0 saturated heterocycles. The summed E-state index contributed by atoms with van der Waals surface area (Å²) in [5.74, 6) is -0.816. The number of likely N-dealkylation sites (N-methyl/N-ethyl adjacent to an activating group) is 1. The Kier molecular flexibility index (Phi) is 5.35. The number of hydrogen-bond acceptors (Lipinski definition) is 3. The number of benzene rings is 2. The van der Waals surface area contributed by atoms with Crippen LogP contribution in [0.1, 0.15) is 28.8 Å². The quantitative estimate of drug-likeness (QED) is 0.683. The van der Waals surface area contributed by atoms with E-state index in [0.717, 1.165) is 24.0 Å². The molecular formula is C23H23FN4O2. The molecule has 2 amide bonds. The minimum absolute atomic E-state index is 0.0234. The fourth-order valence-corrected chi connectivity index (χ4v) is 3.17. The molecule has 4 rings (SSSR count). The van der Waals surface area contributed by atoms with E-state index in [2.05, 4.69) is 10.4 Å². The summed E-state index contributed by atoms with van der Waals surface area (Å²) in [7, 11) is 1.60. The van der Waals surface area contributed by atoms with Crippen LogP contribution in [0.3, 0.4) is 0 Å². The zero-order valence-corrected chi connectivity index (χ0v) is 16.9. The van der Waals surface area contributed by atoms with Crippen LogP contribution in [0.4, 0.5) is 4.39 Å². The molecule has 0 unspecified atom stereocenters. The zero-order chi connectivity index (χ0) is 21.3. The molecule has 0 spiro atoms. The van der Waals surface area contributed by atoms with Crippen LogP contribution in [0.15, 0.2) is 54.7 Å². The predicted molar refractivity (Wildman–Crippen MR) is 112 cm³/mol. The summed E-state index contributed by atoms with van der Waals surface area (Å²) in [5, 5.41) is 7.49. The van der Waals surface area contributed by atoms with Gasteiger partial charge >= 0.3 is 0 Å². The summed E-state index contributed by atoms with van der Waals surface area (Å²) >= 11 is 0. The van der Waals surface area contributed by atoms with Crippen LogP contribution in [0.25, 0.3) is 16.9 Å². The van der Waals surface area contributed by atoms with Gasteiger partial charge in [0.15, 0.2) is 0 Å². The Balaban J connectivity index is 1.66. The van der Waals surface area contributed by atoms with Crippen LogP contribution >= 0.6 is 0 Å². The number of nitrogens with zero attached hydrogens (tertiary/aromatic N) is 3. The second-order valence-corrected chi connectivity index (χ2v) is 7.68. The van der Waals surface area contributed by atoms with Gasteiger partial charge in [-0.2, -0.15) is 5.10 Å². The first-order valence-corrected chi connectivity index (χ1v) is 9.88. The Bertz CT molecular complexity index is 1070. The Morgan fingerprint density at radius 1 is 1.13 bits per heavy atom. The SMILES string of the molecule is Cc1ccc(-c2nn(-c3ccc(F)cc3)cc2C(=O)N(C)CC(=O)NC2CC2)cc1. The van der Waals surface area contributed by atoms with Crippen molar-refractivity contribution in [3.8, 4) is 16.9 Å². The summed E-state index contributed by atoms with van der Waals surface area (Å²) in [5.41, 5.74) is 3.42. The van der Waals surface area contributed by atoms with Crippen molar-refractivity contribution < 1.29 is 14.0 Å². The summed E-state index contributed by atoms with van der Waals surface area (Å²) in [6.07, 6.45) is 3.61. The second kappa shape index (κ2) is 8.10. The molecule has 1 fully saturated rings. The predicted octanol–water partition coefficient (Wildman–Crippen LogP) is 3.34. The monoisotopic (exact) mass is 406 g/mol. The lowest BCUT2D eigenvalue weighted by molar-refractivity contribution is -0.121. The van der Waals surface area contributed by atoms with Gasteiger partial charge in [-0.3, -0.25) is 9.59 Å². The molecule has 2 aromatic carbocycles. The van der Waals surface area contributed by atoms with Gasteiger partial charge in [0.2, 0.25) is 5.91 Å². The van der Waals surface area contributed by atoms with Gasteiger partial charge in [0.05, 0.1) is 17.8 Å². The minimum atomic E-state index is -0.345. The lowest BCUT2D eigenvalue weighted by Crippen LogP contribution is -2.39. The molecule has 0 bridgehead atoms. The van der Waals surface area contributed by atoms with E-state index in [1.165, 1.54) is 17.0 Å². The van der Waals surface area contributed by atoms with E-state index in [4.69, 9.17) is 0 Å². The molecule has 1 N–H and O–H groups in total. The highest BCUT2D eigenvalue weighted by molar-refractivity contribution is 6.01. The number of halogens is 1. The number of hydrogen-bond donors (Lipinski definition) is 1. The largest absolute Gasteiger partial charge is 0.352 e. The molecule has 154 valence electrons. The molecule has 1 heterocycles. The first-order chi connectivity index (χ1) is 14.4. The Morgan fingerprint density at radius 3 is 2.43 bits per heavy atom. The number of amides is 2. The van der Waals surface area contributed by atoms with Crippen molar-refractivity contribution in [2.45, 2.75) is 25.8 Å². The molecule has 0 radical (unpaired) electrons. The molecule has 0 atom stereocenters. The van der Waals surface area contributed by atoms with Crippen LogP contribution in [-0.4, -0.2) is 46.1 Å². The molecule has 6 nitrogen and oxygen atoms in total. The molecule has 3 aromatic rings. The van der Waals surface area contributed by atoms with E-state index < -0.39 is 0 Å². The lowest BCUT2D eigenvalue weighted by Gasteiger charge is -2.16. The fraction of sp³-hybridized carbons (Fsp3) is 0.261. The molecule has 0 aliphatic heterocycles. The van der Waals surface area contributed by atoms with Gasteiger partial charge in [0.1, 0.15) is 11.5 Å². The fourth-order valence-electron chi connectivity index (χ4n) is 3.17. The maximum Gasteiger partial charge on any atom is 0.257 e. The van der Waals surface area contributed by atoms with E-state index in [1.807, 2.05) is 31.2 Å². The highest BCUT2D eigenvalue weighted by Gasteiger charge is 2.26. The first kappa shape index (κ1) is 19.8. The molecule has 1 aromatic heterocycles. The number of nitrogens with one attached hydrogen (secondary N) is 1. The van der Waals surface area contributed by atoms with Gasteiger partial charge in [0.25, 0.3) is 5.91 Å². The Hall–Kier alpha value is -3.48. The van der Waals surface area contributed by atoms with Crippen molar-refractivity contribution in [2.75, 3.05) is 13.6 Å². The molecule has 1 aliphatic carbocycles. The smallest absolute Gasteiger partial charge is 0.257 e. The molecule has 30 heavy (non-hydrogen) atoms. The van der Waals surface area contributed by atoms with Crippen molar-refractivity contribution in [1.82, 2.24) is 20.0 Å². The third-order valence-electron chi connectivity index (χ3n) is 5.03. The van der Waals surface area contributed by atoms with Gasteiger partial charge in [-0.15, -0.1) is 0 Å². The summed E-state index contributed by atoms with van der Waals surface area (Å²) in [4.78, 5) is 26.7. The third-order valence-corrected chi connectivity index (χ3v) is 5.03. The molecule has 7 heteroatoms. The Morgan fingerprint density at radius 2 is 1.80 bits per heavy atom. The van der Waals surface area contributed by atoms with Crippen LogP contribution < -0.4 is 5.32 Å². The van der Waals surface area contributed by atoms with E-state index in [-0.39, 0.29) is 30.2 Å². The van der Waals surface area contributed by atoms with Crippen molar-refractivity contribution in [3.63, 3.8) is 0 Å². The number of carbonyl (C=O) groups is 2. The molecular weight excluding hydrogens is 383 g/mol. The number of carbonyl (C=O) groups excluding carboxylic acids is 2. The second-order valence-electron chi connectivity index (χ2n) is 7.68. The summed E-state index contributed by atoms with van der Waals surface area (Å²) in [6, 6.07) is 13.8. The van der Waals surface area contributed by atoms with Crippen LogP contribution in [-0.2, 0) is 4.79 Å². The maximum atomic E-state index is 13.3. The number of rotatable bonds is 6. The van der Waals surface area contributed by atoms with Gasteiger partial charge in [-0.1, -0.05) is 29.8 Å². The summed E-state index contributed by atoms with van der Waals surface area (Å²) < 4.78 is 14.9. The van der Waals surface area contributed by atoms with E-state index >= 15 is 0 Å². The summed E-state index contributed by atoms with van der Waals surface area (Å²) in [6.45, 7) is 1.96. The van der Waals surface area contributed by atoms with Gasteiger partial charge in [-0.05, 0) is 44.0 Å². The standard InChI is InChI=1S/C23H23FN4O2/c1-15-3-5-16(6-4-15)22-20(13-28(26-22)19-11-7-17(24)8-12-19)23(30)27(2)14-21(29)25-18-9-10-18/h3-8,11-13,18H,9-10,14H2,1-2H3,(H,25,29). The maximum absolute atomic E-state index is 13.3. The number of aromatic nitrogens is 2. The zero-order valence-electron chi connectivity index (χ0n) is 16.9. The average molecular weight is 406 g/mol. The molecule has 1 aliphatic rings. The first-order valence-electron chi connectivity index (χ1n) is 9.88. The van der Waals surface area contributed by atoms with Crippen LogP contribution in [0.5, 0.6) is 0 Å². The topological polar surface area (TPSA) is 67.2 Å². The number of aryl methyl sites for hydroxylation is 1. The van der Waals surface area contributed by atoms with Crippen molar-refractivity contribution in [2.24, 2.45) is 0 Å². The van der Waals surface area contributed by atoms with Crippen molar-refractivity contribution in [3.05, 3.63) is 71.7 Å². The van der Waals surface area contributed by atoms with Gasteiger partial charge in [0, 0.05) is 24.8 Å². The van der Waals surface area contributed by atoms with E-state index in [0.29, 0.717) is 16.9 Å². The van der Waals surface area contributed by atoms with Crippen LogP contribution in [0.2, 0.25) is 0 Å². The highest BCUT2D eigenvalue weighted by Crippen LogP contribution is 2.25. The van der Waals surface area contributed by atoms with Crippen molar-refractivity contribution in [1.29, 1.82) is 0 Å². The van der Waals surface area contributed by atoms with E-state index in [1.54, 1.807) is 30.1 Å². The Labute approximate surface area is 174 Å². The average Bonchev–Trinajstić information content (AvgIpc) is 3.43. The highest BCUT2D eigenvalue weighted by atomic mass is 19.1. The van der Waals surface area contributed by atoms with Crippen LogP contribution in [0, 0.1) is 12.7 Å². The molecule has 1 saturated carbocycles. The van der Waals surface area contributed by atoms with Crippen molar-refractivity contribution >= 4 is 11.8 Å². The van der Waals surface area contributed by atoms with Gasteiger partial charge < -0.3 is 10.2 Å².